The van der Waals surface area contributed by atoms with Gasteiger partial charge in [0.15, 0.2) is 0 Å². The van der Waals surface area contributed by atoms with Gasteiger partial charge in [0.1, 0.15) is 0 Å². The van der Waals surface area contributed by atoms with Crippen LogP contribution in [0.3, 0.4) is 0 Å². The summed E-state index contributed by atoms with van der Waals surface area (Å²) in [5.41, 5.74) is 0.598. The predicted molar refractivity (Wildman–Crippen MR) is 63.6 cm³/mol. The molecule has 3 heteroatoms. The number of hydrogen-bond acceptors (Lipinski definition) is 2. The monoisotopic (exact) mass is 238 g/mol. The maximum Gasteiger partial charge on any atom is 0.316 e. The van der Waals surface area contributed by atoms with E-state index in [1.807, 2.05) is 24.3 Å². The summed E-state index contributed by atoms with van der Waals surface area (Å²) >= 11 is 5.86. The van der Waals surface area contributed by atoms with Crippen molar-refractivity contribution in [3.05, 3.63) is 34.9 Å². The molecule has 1 aromatic carbocycles. The lowest BCUT2D eigenvalue weighted by Crippen LogP contribution is -2.33. The lowest BCUT2D eigenvalue weighted by molar-refractivity contribution is -0.147. The number of carbonyl (C=O) groups excluding carboxylic acids is 1. The molecular formula is C13H15ClO2. The minimum atomic E-state index is -0.431. The Balaban J connectivity index is 2.39. The molecule has 1 aliphatic carbocycles. The highest BCUT2D eigenvalue weighted by atomic mass is 35.5. The van der Waals surface area contributed by atoms with Crippen molar-refractivity contribution in [1.82, 2.24) is 0 Å². The summed E-state index contributed by atoms with van der Waals surface area (Å²) in [5, 5.41) is 0.696. The number of esters is 1. The van der Waals surface area contributed by atoms with Gasteiger partial charge in [-0.15, -0.1) is 0 Å². The number of halogens is 1. The highest BCUT2D eigenvalue weighted by molar-refractivity contribution is 6.30. The third-order valence-electron chi connectivity index (χ3n) is 3.43. The molecule has 2 nitrogen and oxygen atoms in total. The van der Waals surface area contributed by atoms with Gasteiger partial charge in [0.05, 0.1) is 12.5 Å². The molecule has 0 amide bonds. The fourth-order valence-electron chi connectivity index (χ4n) is 2.55. The molecule has 0 unspecified atom stereocenters. The first-order valence-corrected chi connectivity index (χ1v) is 5.91. The van der Waals surface area contributed by atoms with Gasteiger partial charge >= 0.3 is 5.97 Å². The van der Waals surface area contributed by atoms with Crippen LogP contribution in [0.1, 0.15) is 31.2 Å². The lowest BCUT2D eigenvalue weighted by Gasteiger charge is -2.26. The van der Waals surface area contributed by atoms with E-state index in [9.17, 15) is 4.79 Å². The van der Waals surface area contributed by atoms with E-state index in [-0.39, 0.29) is 5.97 Å². The summed E-state index contributed by atoms with van der Waals surface area (Å²) in [5.74, 6) is -0.118. The summed E-state index contributed by atoms with van der Waals surface area (Å²) in [4.78, 5) is 12.0. The van der Waals surface area contributed by atoms with Crippen LogP contribution >= 0.6 is 11.6 Å². The van der Waals surface area contributed by atoms with E-state index in [0.29, 0.717) is 5.02 Å². The molecule has 0 saturated heterocycles. The molecule has 1 saturated carbocycles. The van der Waals surface area contributed by atoms with Gasteiger partial charge in [-0.3, -0.25) is 4.79 Å². The first kappa shape index (κ1) is 11.5. The smallest absolute Gasteiger partial charge is 0.316 e. The van der Waals surface area contributed by atoms with Gasteiger partial charge in [-0.1, -0.05) is 36.6 Å². The molecule has 0 aromatic heterocycles. The average Bonchev–Trinajstić information content (AvgIpc) is 2.79. The van der Waals surface area contributed by atoms with Crippen LogP contribution in [0.2, 0.25) is 5.02 Å². The summed E-state index contributed by atoms with van der Waals surface area (Å²) in [6, 6.07) is 7.54. The van der Waals surface area contributed by atoms with E-state index < -0.39 is 5.41 Å². The SMILES string of the molecule is COC(=O)C1(c2ccc(Cl)cc2)CCCC1. The molecule has 0 N–H and O–H groups in total. The van der Waals surface area contributed by atoms with Crippen LogP contribution in [0.4, 0.5) is 0 Å². The van der Waals surface area contributed by atoms with Crippen molar-refractivity contribution < 1.29 is 9.53 Å². The standard InChI is InChI=1S/C13H15ClO2/c1-16-12(15)13(8-2-3-9-13)10-4-6-11(14)7-5-10/h4-7H,2-3,8-9H2,1H3. The second-order valence-electron chi connectivity index (χ2n) is 4.29. The molecule has 0 atom stereocenters. The second-order valence-corrected chi connectivity index (χ2v) is 4.72. The van der Waals surface area contributed by atoms with E-state index in [0.717, 1.165) is 31.2 Å². The molecular weight excluding hydrogens is 224 g/mol. The van der Waals surface area contributed by atoms with Gasteiger partial charge in [0.2, 0.25) is 0 Å². The van der Waals surface area contributed by atoms with Gasteiger partial charge < -0.3 is 4.74 Å². The zero-order chi connectivity index (χ0) is 11.6. The third-order valence-corrected chi connectivity index (χ3v) is 3.68. The normalized spacial score (nSPS) is 18.4. The summed E-state index contributed by atoms with van der Waals surface area (Å²) in [6.45, 7) is 0. The quantitative estimate of drug-likeness (QED) is 0.739. The van der Waals surface area contributed by atoms with Gasteiger partial charge in [-0.25, -0.2) is 0 Å². The van der Waals surface area contributed by atoms with E-state index >= 15 is 0 Å². The van der Waals surface area contributed by atoms with E-state index in [1.165, 1.54) is 7.11 Å². The fourth-order valence-corrected chi connectivity index (χ4v) is 2.68. The van der Waals surface area contributed by atoms with Gasteiger partial charge in [0.25, 0.3) is 0 Å². The van der Waals surface area contributed by atoms with Crippen LogP contribution in [0.5, 0.6) is 0 Å². The molecule has 0 bridgehead atoms. The van der Waals surface area contributed by atoms with Crippen molar-refractivity contribution >= 4 is 17.6 Å². The van der Waals surface area contributed by atoms with Crippen LogP contribution in [0, 0.1) is 0 Å². The van der Waals surface area contributed by atoms with Crippen molar-refractivity contribution in [3.8, 4) is 0 Å². The van der Waals surface area contributed by atoms with Crippen LogP contribution in [-0.4, -0.2) is 13.1 Å². The molecule has 16 heavy (non-hydrogen) atoms. The Hall–Kier alpha value is -1.02. The Morgan fingerprint density at radius 2 is 1.81 bits per heavy atom. The first-order chi connectivity index (χ1) is 7.69. The Bertz CT molecular complexity index is 377. The largest absolute Gasteiger partial charge is 0.468 e. The molecule has 1 fully saturated rings. The first-order valence-electron chi connectivity index (χ1n) is 5.53. The number of ether oxygens (including phenoxy) is 1. The van der Waals surface area contributed by atoms with Crippen LogP contribution < -0.4 is 0 Å². The minimum Gasteiger partial charge on any atom is -0.468 e. The fraction of sp³-hybridized carbons (Fsp3) is 0.462. The number of hydrogen-bond donors (Lipinski definition) is 0. The van der Waals surface area contributed by atoms with Crippen molar-refractivity contribution in [2.24, 2.45) is 0 Å². The molecule has 86 valence electrons. The molecule has 0 spiro atoms. The Kier molecular flexibility index (Phi) is 3.20. The van der Waals surface area contributed by atoms with E-state index in [1.54, 1.807) is 0 Å². The second kappa shape index (κ2) is 4.46. The molecule has 0 aliphatic heterocycles. The highest BCUT2D eigenvalue weighted by Crippen LogP contribution is 2.42. The number of methoxy groups -OCH3 is 1. The average molecular weight is 239 g/mol. The molecule has 1 aliphatic rings. The maximum absolute atomic E-state index is 12.0. The summed E-state index contributed by atoms with van der Waals surface area (Å²) in [6.07, 6.45) is 3.91. The van der Waals surface area contributed by atoms with Gasteiger partial charge in [0, 0.05) is 5.02 Å². The third kappa shape index (κ3) is 1.82. The molecule has 1 aromatic rings. The van der Waals surface area contributed by atoms with Crippen molar-refractivity contribution in [3.63, 3.8) is 0 Å². The van der Waals surface area contributed by atoms with Crippen LogP contribution in [0.15, 0.2) is 24.3 Å². The van der Waals surface area contributed by atoms with Crippen molar-refractivity contribution in [1.29, 1.82) is 0 Å². The molecule has 0 radical (unpaired) electrons. The number of benzene rings is 1. The zero-order valence-corrected chi connectivity index (χ0v) is 10.1. The molecule has 0 heterocycles. The van der Waals surface area contributed by atoms with Crippen molar-refractivity contribution in [2.45, 2.75) is 31.1 Å². The predicted octanol–water partition coefficient (Wildman–Crippen LogP) is 3.32. The van der Waals surface area contributed by atoms with E-state index in [4.69, 9.17) is 16.3 Å². The van der Waals surface area contributed by atoms with Crippen LogP contribution in [0.25, 0.3) is 0 Å². The lowest BCUT2D eigenvalue weighted by atomic mass is 9.79. The maximum atomic E-state index is 12.0. The van der Waals surface area contributed by atoms with Gasteiger partial charge in [-0.05, 0) is 30.5 Å². The Morgan fingerprint density at radius 3 is 2.31 bits per heavy atom. The Morgan fingerprint density at radius 1 is 1.25 bits per heavy atom. The highest BCUT2D eigenvalue weighted by Gasteiger charge is 2.43. The van der Waals surface area contributed by atoms with Crippen LogP contribution in [-0.2, 0) is 14.9 Å². The van der Waals surface area contributed by atoms with E-state index in [2.05, 4.69) is 0 Å². The topological polar surface area (TPSA) is 26.3 Å². The molecule has 2 rings (SSSR count). The summed E-state index contributed by atoms with van der Waals surface area (Å²) in [7, 11) is 1.46. The van der Waals surface area contributed by atoms with Gasteiger partial charge in [-0.2, -0.15) is 0 Å². The minimum absolute atomic E-state index is 0.118. The zero-order valence-electron chi connectivity index (χ0n) is 9.33. The van der Waals surface area contributed by atoms with Crippen molar-refractivity contribution in [2.75, 3.05) is 7.11 Å². The number of rotatable bonds is 2. The summed E-state index contributed by atoms with van der Waals surface area (Å²) < 4.78 is 4.95. The number of carbonyl (C=O) groups is 1. The Labute approximate surface area is 101 Å².